The van der Waals surface area contributed by atoms with Crippen LogP contribution in [0, 0.1) is 0 Å². The van der Waals surface area contributed by atoms with E-state index in [4.69, 9.17) is 0 Å². The molecule has 0 aliphatic heterocycles. The SMILES string of the molecule is CC(=O)Cc1nc2ncccc2n(C)c1=O. The topological polar surface area (TPSA) is 64.8 Å². The quantitative estimate of drug-likeness (QED) is 0.733. The van der Waals surface area contributed by atoms with Gasteiger partial charge in [0.15, 0.2) is 5.65 Å². The molecule has 2 aromatic rings. The third kappa shape index (κ3) is 1.71. The van der Waals surface area contributed by atoms with E-state index in [1.54, 1.807) is 25.4 Å². The summed E-state index contributed by atoms with van der Waals surface area (Å²) in [7, 11) is 1.65. The number of fused-ring (bicyclic) bond motifs is 1. The fraction of sp³-hybridized carbons (Fsp3) is 0.273. The van der Waals surface area contributed by atoms with Crippen molar-refractivity contribution in [2.45, 2.75) is 13.3 Å². The summed E-state index contributed by atoms with van der Waals surface area (Å²) < 4.78 is 1.47. The molecule has 0 N–H and O–H groups in total. The number of aromatic nitrogens is 3. The Labute approximate surface area is 91.8 Å². The predicted octanol–water partition coefficient (Wildman–Crippen LogP) is 0.460. The van der Waals surface area contributed by atoms with Gasteiger partial charge in [0.05, 0.1) is 11.9 Å². The van der Waals surface area contributed by atoms with Gasteiger partial charge in [-0.2, -0.15) is 0 Å². The lowest BCUT2D eigenvalue weighted by Crippen LogP contribution is -2.25. The molecule has 0 spiro atoms. The van der Waals surface area contributed by atoms with Crippen LogP contribution in [-0.4, -0.2) is 20.3 Å². The van der Waals surface area contributed by atoms with Gasteiger partial charge < -0.3 is 4.57 Å². The Kier molecular flexibility index (Phi) is 2.52. The molecule has 0 bridgehead atoms. The molecule has 2 aromatic heterocycles. The monoisotopic (exact) mass is 217 g/mol. The van der Waals surface area contributed by atoms with Crippen LogP contribution in [0.4, 0.5) is 0 Å². The van der Waals surface area contributed by atoms with E-state index in [2.05, 4.69) is 9.97 Å². The molecule has 0 aromatic carbocycles. The van der Waals surface area contributed by atoms with E-state index in [0.717, 1.165) is 0 Å². The highest BCUT2D eigenvalue weighted by molar-refractivity contribution is 5.78. The number of pyridine rings is 1. The summed E-state index contributed by atoms with van der Waals surface area (Å²) in [5, 5.41) is 0. The van der Waals surface area contributed by atoms with Crippen molar-refractivity contribution in [1.82, 2.24) is 14.5 Å². The van der Waals surface area contributed by atoms with Gasteiger partial charge in [-0.15, -0.1) is 0 Å². The standard InChI is InChI=1S/C11H11N3O2/c1-7(15)6-8-11(16)14(2)9-4-3-5-12-10(9)13-8/h3-5H,6H2,1-2H3. The summed E-state index contributed by atoms with van der Waals surface area (Å²) in [6.07, 6.45) is 1.66. The Balaban J connectivity index is 2.74. The lowest BCUT2D eigenvalue weighted by molar-refractivity contribution is -0.116. The minimum Gasteiger partial charge on any atom is -0.307 e. The van der Waals surface area contributed by atoms with E-state index in [9.17, 15) is 9.59 Å². The van der Waals surface area contributed by atoms with Gasteiger partial charge in [-0.3, -0.25) is 9.59 Å². The Hall–Kier alpha value is -2.04. The van der Waals surface area contributed by atoms with Crippen molar-refractivity contribution >= 4 is 16.9 Å². The van der Waals surface area contributed by atoms with Crippen molar-refractivity contribution in [1.29, 1.82) is 0 Å². The van der Waals surface area contributed by atoms with Gasteiger partial charge >= 0.3 is 0 Å². The molecular formula is C11H11N3O2. The first-order valence-electron chi connectivity index (χ1n) is 4.89. The van der Waals surface area contributed by atoms with Gasteiger partial charge in [-0.1, -0.05) is 0 Å². The van der Waals surface area contributed by atoms with Crippen LogP contribution in [0.3, 0.4) is 0 Å². The van der Waals surface area contributed by atoms with Crippen molar-refractivity contribution in [3.63, 3.8) is 0 Å². The van der Waals surface area contributed by atoms with Crippen LogP contribution >= 0.6 is 0 Å². The normalized spacial score (nSPS) is 10.6. The molecule has 2 rings (SSSR count). The molecule has 0 aliphatic carbocycles. The third-order valence-corrected chi connectivity index (χ3v) is 2.34. The number of aryl methyl sites for hydroxylation is 1. The molecule has 0 atom stereocenters. The number of carbonyl (C=O) groups is 1. The molecule has 16 heavy (non-hydrogen) atoms. The van der Waals surface area contributed by atoms with E-state index in [1.165, 1.54) is 11.5 Å². The molecule has 5 nitrogen and oxygen atoms in total. The van der Waals surface area contributed by atoms with Crippen molar-refractivity contribution in [2.24, 2.45) is 7.05 Å². The summed E-state index contributed by atoms with van der Waals surface area (Å²) >= 11 is 0. The second kappa shape index (κ2) is 3.84. The average molecular weight is 217 g/mol. The van der Waals surface area contributed by atoms with Crippen LogP contribution in [0.5, 0.6) is 0 Å². The van der Waals surface area contributed by atoms with Gasteiger partial charge in [0.1, 0.15) is 11.5 Å². The number of carbonyl (C=O) groups excluding carboxylic acids is 1. The number of rotatable bonds is 2. The second-order valence-electron chi connectivity index (χ2n) is 3.65. The molecule has 0 unspecified atom stereocenters. The second-order valence-corrected chi connectivity index (χ2v) is 3.65. The molecule has 82 valence electrons. The van der Waals surface area contributed by atoms with Gasteiger partial charge in [-0.05, 0) is 19.1 Å². The fourth-order valence-corrected chi connectivity index (χ4v) is 1.57. The van der Waals surface area contributed by atoms with E-state index in [-0.39, 0.29) is 23.5 Å². The van der Waals surface area contributed by atoms with E-state index < -0.39 is 0 Å². The Morgan fingerprint density at radius 1 is 1.50 bits per heavy atom. The summed E-state index contributed by atoms with van der Waals surface area (Å²) in [5.41, 5.74) is 1.16. The van der Waals surface area contributed by atoms with Crippen molar-refractivity contribution in [2.75, 3.05) is 0 Å². The smallest absolute Gasteiger partial charge is 0.273 e. The van der Waals surface area contributed by atoms with Crippen molar-refractivity contribution in [3.8, 4) is 0 Å². The molecule has 0 saturated carbocycles. The highest BCUT2D eigenvalue weighted by Crippen LogP contribution is 2.05. The lowest BCUT2D eigenvalue weighted by Gasteiger charge is -2.05. The number of Topliss-reactive ketones (excluding diaryl/α,β-unsaturated/α-hetero) is 1. The van der Waals surface area contributed by atoms with E-state index >= 15 is 0 Å². The van der Waals surface area contributed by atoms with Gasteiger partial charge in [-0.25, -0.2) is 9.97 Å². The van der Waals surface area contributed by atoms with Crippen LogP contribution < -0.4 is 5.56 Å². The predicted molar refractivity (Wildman–Crippen MR) is 59.2 cm³/mol. The summed E-state index contributed by atoms with van der Waals surface area (Å²) in [6, 6.07) is 3.52. The number of ketones is 1. The molecule has 0 amide bonds. The van der Waals surface area contributed by atoms with Crippen LogP contribution in [0.15, 0.2) is 23.1 Å². The largest absolute Gasteiger partial charge is 0.307 e. The highest BCUT2D eigenvalue weighted by Gasteiger charge is 2.10. The Morgan fingerprint density at radius 2 is 2.25 bits per heavy atom. The van der Waals surface area contributed by atoms with E-state index in [0.29, 0.717) is 11.2 Å². The molecule has 0 aliphatic rings. The zero-order valence-corrected chi connectivity index (χ0v) is 9.10. The number of hydrogen-bond donors (Lipinski definition) is 0. The molecule has 0 fully saturated rings. The summed E-state index contributed by atoms with van der Waals surface area (Å²) in [6.45, 7) is 1.43. The number of nitrogens with zero attached hydrogens (tertiary/aromatic N) is 3. The highest BCUT2D eigenvalue weighted by atomic mass is 16.1. The summed E-state index contributed by atoms with van der Waals surface area (Å²) in [4.78, 5) is 31.0. The maximum absolute atomic E-state index is 11.8. The minimum atomic E-state index is -0.240. The van der Waals surface area contributed by atoms with Crippen molar-refractivity contribution < 1.29 is 4.79 Å². The summed E-state index contributed by atoms with van der Waals surface area (Å²) in [5.74, 6) is -0.0834. The first-order chi connectivity index (χ1) is 7.59. The molecule has 0 saturated heterocycles. The van der Waals surface area contributed by atoms with Crippen LogP contribution in [-0.2, 0) is 18.3 Å². The Morgan fingerprint density at radius 3 is 2.94 bits per heavy atom. The maximum Gasteiger partial charge on any atom is 0.273 e. The molecule has 5 heteroatoms. The minimum absolute atomic E-state index is 0.0547. The third-order valence-electron chi connectivity index (χ3n) is 2.34. The zero-order valence-electron chi connectivity index (χ0n) is 9.10. The molecule has 2 heterocycles. The molecule has 0 radical (unpaired) electrons. The van der Waals surface area contributed by atoms with Crippen LogP contribution in [0.1, 0.15) is 12.6 Å². The number of hydrogen-bond acceptors (Lipinski definition) is 4. The van der Waals surface area contributed by atoms with Gasteiger partial charge in [0.25, 0.3) is 5.56 Å². The average Bonchev–Trinajstić information content (AvgIpc) is 2.25. The van der Waals surface area contributed by atoms with Crippen molar-refractivity contribution in [3.05, 3.63) is 34.4 Å². The van der Waals surface area contributed by atoms with Gasteiger partial charge in [0, 0.05) is 13.2 Å². The maximum atomic E-state index is 11.8. The Bertz CT molecular complexity index is 616. The fourth-order valence-electron chi connectivity index (χ4n) is 1.57. The van der Waals surface area contributed by atoms with Crippen LogP contribution in [0.2, 0.25) is 0 Å². The first-order valence-corrected chi connectivity index (χ1v) is 4.89. The van der Waals surface area contributed by atoms with Crippen LogP contribution in [0.25, 0.3) is 11.2 Å². The molecular weight excluding hydrogens is 206 g/mol. The van der Waals surface area contributed by atoms with Gasteiger partial charge in [0.2, 0.25) is 0 Å². The zero-order chi connectivity index (χ0) is 11.7. The van der Waals surface area contributed by atoms with E-state index in [1.807, 2.05) is 0 Å². The first kappa shape index (κ1) is 10.5. The lowest BCUT2D eigenvalue weighted by atomic mass is 10.2.